The standard InChI is InChI=1S/C12H15BrO/c1-9-2-3-10(9)8-14-12-6-4-11(13)5-7-12/h4-7,9-10H,2-3,8H2,1H3. The lowest BCUT2D eigenvalue weighted by atomic mass is 9.75. The Labute approximate surface area is 93.6 Å². The van der Waals surface area contributed by atoms with Gasteiger partial charge in [0, 0.05) is 4.47 Å². The van der Waals surface area contributed by atoms with Gasteiger partial charge in [0.15, 0.2) is 0 Å². The number of ether oxygens (including phenoxy) is 1. The van der Waals surface area contributed by atoms with Gasteiger partial charge >= 0.3 is 0 Å². The molecule has 0 aliphatic heterocycles. The predicted octanol–water partition coefficient (Wildman–Crippen LogP) is 3.87. The summed E-state index contributed by atoms with van der Waals surface area (Å²) in [6.07, 6.45) is 2.70. The Hall–Kier alpha value is -0.500. The largest absolute Gasteiger partial charge is 0.493 e. The van der Waals surface area contributed by atoms with Crippen LogP contribution in [0.25, 0.3) is 0 Å². The van der Waals surface area contributed by atoms with E-state index in [0.29, 0.717) is 0 Å². The monoisotopic (exact) mass is 254 g/mol. The van der Waals surface area contributed by atoms with E-state index in [-0.39, 0.29) is 0 Å². The molecule has 0 spiro atoms. The maximum Gasteiger partial charge on any atom is 0.119 e. The van der Waals surface area contributed by atoms with Crippen LogP contribution in [0.4, 0.5) is 0 Å². The summed E-state index contributed by atoms with van der Waals surface area (Å²) in [5.41, 5.74) is 0. The van der Waals surface area contributed by atoms with Gasteiger partial charge in [-0.1, -0.05) is 22.9 Å². The first kappa shape index (κ1) is 10.0. The van der Waals surface area contributed by atoms with Gasteiger partial charge in [-0.25, -0.2) is 0 Å². The highest BCUT2D eigenvalue weighted by molar-refractivity contribution is 9.10. The molecule has 1 aromatic carbocycles. The van der Waals surface area contributed by atoms with Crippen molar-refractivity contribution in [2.24, 2.45) is 11.8 Å². The van der Waals surface area contributed by atoms with Gasteiger partial charge in [0.2, 0.25) is 0 Å². The molecule has 0 bridgehead atoms. The van der Waals surface area contributed by atoms with Crippen LogP contribution in [0.15, 0.2) is 28.7 Å². The molecule has 2 rings (SSSR count). The van der Waals surface area contributed by atoms with E-state index in [2.05, 4.69) is 22.9 Å². The van der Waals surface area contributed by atoms with E-state index < -0.39 is 0 Å². The van der Waals surface area contributed by atoms with Crippen LogP contribution in [0, 0.1) is 11.8 Å². The van der Waals surface area contributed by atoms with E-state index in [4.69, 9.17) is 4.74 Å². The van der Waals surface area contributed by atoms with E-state index in [0.717, 1.165) is 28.7 Å². The van der Waals surface area contributed by atoms with Crippen molar-refractivity contribution in [3.8, 4) is 5.75 Å². The molecule has 1 aromatic rings. The molecule has 1 nitrogen and oxygen atoms in total. The topological polar surface area (TPSA) is 9.23 Å². The molecule has 0 heterocycles. The molecule has 2 unspecified atom stereocenters. The van der Waals surface area contributed by atoms with Crippen molar-refractivity contribution >= 4 is 15.9 Å². The molecule has 2 heteroatoms. The molecule has 0 amide bonds. The Kier molecular flexibility index (Phi) is 3.12. The summed E-state index contributed by atoms with van der Waals surface area (Å²) in [5, 5.41) is 0. The third-order valence-electron chi connectivity index (χ3n) is 3.08. The minimum absolute atomic E-state index is 0.777. The zero-order valence-electron chi connectivity index (χ0n) is 8.37. The second-order valence-electron chi connectivity index (χ2n) is 4.08. The van der Waals surface area contributed by atoms with Crippen LogP contribution in [-0.2, 0) is 0 Å². The average molecular weight is 255 g/mol. The lowest BCUT2D eigenvalue weighted by Gasteiger charge is -2.33. The fourth-order valence-corrected chi connectivity index (χ4v) is 1.98. The molecule has 1 aliphatic rings. The second kappa shape index (κ2) is 4.35. The summed E-state index contributed by atoms with van der Waals surface area (Å²) < 4.78 is 6.81. The minimum Gasteiger partial charge on any atom is -0.493 e. The SMILES string of the molecule is CC1CCC1COc1ccc(Br)cc1. The Bertz CT molecular complexity index is 294. The molecule has 1 fully saturated rings. The van der Waals surface area contributed by atoms with Gasteiger partial charge in [0.05, 0.1) is 6.61 Å². The first-order valence-electron chi connectivity index (χ1n) is 5.14. The van der Waals surface area contributed by atoms with E-state index in [9.17, 15) is 0 Å². The lowest BCUT2D eigenvalue weighted by molar-refractivity contribution is 0.116. The van der Waals surface area contributed by atoms with Crippen molar-refractivity contribution in [3.05, 3.63) is 28.7 Å². The van der Waals surface area contributed by atoms with Gasteiger partial charge in [-0.3, -0.25) is 0 Å². The number of benzene rings is 1. The second-order valence-corrected chi connectivity index (χ2v) is 5.00. The van der Waals surface area contributed by atoms with Crippen LogP contribution < -0.4 is 4.74 Å². The molecule has 14 heavy (non-hydrogen) atoms. The van der Waals surface area contributed by atoms with Crippen molar-refractivity contribution in [3.63, 3.8) is 0 Å². The number of hydrogen-bond donors (Lipinski definition) is 0. The smallest absolute Gasteiger partial charge is 0.119 e. The molecule has 2 atom stereocenters. The Morgan fingerprint density at radius 2 is 2.00 bits per heavy atom. The maximum atomic E-state index is 5.71. The number of halogens is 1. The molecular weight excluding hydrogens is 240 g/mol. The van der Waals surface area contributed by atoms with Gasteiger partial charge in [-0.05, 0) is 48.9 Å². The van der Waals surface area contributed by atoms with Gasteiger partial charge in [-0.15, -0.1) is 0 Å². The fraction of sp³-hybridized carbons (Fsp3) is 0.500. The van der Waals surface area contributed by atoms with Gasteiger partial charge in [0.25, 0.3) is 0 Å². The zero-order valence-corrected chi connectivity index (χ0v) is 9.96. The molecule has 0 aromatic heterocycles. The quantitative estimate of drug-likeness (QED) is 0.796. The molecule has 1 saturated carbocycles. The summed E-state index contributed by atoms with van der Waals surface area (Å²) in [4.78, 5) is 0. The van der Waals surface area contributed by atoms with Crippen molar-refractivity contribution in [2.75, 3.05) is 6.61 Å². The third kappa shape index (κ3) is 2.30. The predicted molar refractivity (Wildman–Crippen MR) is 61.5 cm³/mol. The van der Waals surface area contributed by atoms with Crippen LogP contribution in [0.2, 0.25) is 0 Å². The summed E-state index contributed by atoms with van der Waals surface area (Å²) in [5.74, 6) is 2.61. The number of rotatable bonds is 3. The molecule has 0 radical (unpaired) electrons. The van der Waals surface area contributed by atoms with Gasteiger partial charge in [-0.2, -0.15) is 0 Å². The first-order valence-corrected chi connectivity index (χ1v) is 5.93. The summed E-state index contributed by atoms with van der Waals surface area (Å²) >= 11 is 3.40. The van der Waals surface area contributed by atoms with Gasteiger partial charge in [0.1, 0.15) is 5.75 Å². The molecule has 1 aliphatic carbocycles. The summed E-state index contributed by atoms with van der Waals surface area (Å²) in [7, 11) is 0. The van der Waals surface area contributed by atoms with Gasteiger partial charge < -0.3 is 4.74 Å². The third-order valence-corrected chi connectivity index (χ3v) is 3.60. The average Bonchev–Trinajstić information content (AvgIpc) is 2.19. The van der Waals surface area contributed by atoms with Crippen molar-refractivity contribution in [2.45, 2.75) is 19.8 Å². The van der Waals surface area contributed by atoms with Crippen molar-refractivity contribution < 1.29 is 4.74 Å². The van der Waals surface area contributed by atoms with E-state index >= 15 is 0 Å². The maximum absolute atomic E-state index is 5.71. The Morgan fingerprint density at radius 3 is 2.50 bits per heavy atom. The summed E-state index contributed by atoms with van der Waals surface area (Å²) in [6, 6.07) is 8.04. The number of hydrogen-bond acceptors (Lipinski definition) is 1. The van der Waals surface area contributed by atoms with Crippen LogP contribution in [-0.4, -0.2) is 6.61 Å². The van der Waals surface area contributed by atoms with Crippen LogP contribution in [0.5, 0.6) is 5.75 Å². The Balaban J connectivity index is 1.83. The van der Waals surface area contributed by atoms with E-state index in [1.54, 1.807) is 0 Å². The highest BCUT2D eigenvalue weighted by Crippen LogP contribution is 2.33. The van der Waals surface area contributed by atoms with Crippen LogP contribution >= 0.6 is 15.9 Å². The van der Waals surface area contributed by atoms with Crippen LogP contribution in [0.1, 0.15) is 19.8 Å². The lowest BCUT2D eigenvalue weighted by Crippen LogP contribution is -2.28. The summed E-state index contributed by atoms with van der Waals surface area (Å²) in [6.45, 7) is 3.18. The first-order chi connectivity index (χ1) is 6.75. The highest BCUT2D eigenvalue weighted by atomic mass is 79.9. The molecular formula is C12H15BrO. The van der Waals surface area contributed by atoms with E-state index in [1.165, 1.54) is 12.8 Å². The molecule has 0 saturated heterocycles. The molecule has 0 N–H and O–H groups in total. The van der Waals surface area contributed by atoms with Crippen molar-refractivity contribution in [1.29, 1.82) is 0 Å². The Morgan fingerprint density at radius 1 is 1.29 bits per heavy atom. The molecule has 76 valence electrons. The highest BCUT2D eigenvalue weighted by Gasteiger charge is 2.26. The fourth-order valence-electron chi connectivity index (χ4n) is 1.72. The normalized spacial score (nSPS) is 25.6. The van der Waals surface area contributed by atoms with Crippen molar-refractivity contribution in [1.82, 2.24) is 0 Å². The minimum atomic E-state index is 0.777. The zero-order chi connectivity index (χ0) is 9.97. The van der Waals surface area contributed by atoms with Crippen LogP contribution in [0.3, 0.4) is 0 Å². The van der Waals surface area contributed by atoms with E-state index in [1.807, 2.05) is 24.3 Å².